The van der Waals surface area contributed by atoms with Crippen LogP contribution in [0, 0.1) is 19.7 Å². The summed E-state index contributed by atoms with van der Waals surface area (Å²) in [6.45, 7) is 5.36. The predicted molar refractivity (Wildman–Crippen MR) is 101 cm³/mol. The molecule has 6 nitrogen and oxygen atoms in total. The molecule has 0 unspecified atom stereocenters. The lowest BCUT2D eigenvalue weighted by Crippen LogP contribution is -2.26. The topological polar surface area (TPSA) is 64.7 Å². The minimum atomic E-state index is -0.299. The van der Waals surface area contributed by atoms with Gasteiger partial charge in [0.2, 0.25) is 0 Å². The molecule has 8 heteroatoms. The molecular weight excluding hydrogens is 369 g/mol. The van der Waals surface area contributed by atoms with Crippen molar-refractivity contribution >= 4 is 17.5 Å². The van der Waals surface area contributed by atoms with Crippen molar-refractivity contribution in [2.75, 3.05) is 6.54 Å². The third kappa shape index (κ3) is 4.54. The van der Waals surface area contributed by atoms with E-state index in [0.717, 1.165) is 24.4 Å². The van der Waals surface area contributed by atoms with Gasteiger partial charge in [0.15, 0.2) is 0 Å². The van der Waals surface area contributed by atoms with Crippen molar-refractivity contribution in [3.8, 4) is 0 Å². The molecule has 0 bridgehead atoms. The molecule has 2 heterocycles. The molecule has 0 spiro atoms. The number of benzene rings is 1. The zero-order valence-corrected chi connectivity index (χ0v) is 16.0. The Morgan fingerprint density at radius 1 is 1.26 bits per heavy atom. The van der Waals surface area contributed by atoms with Gasteiger partial charge in [0.25, 0.3) is 5.91 Å². The quantitative estimate of drug-likeness (QED) is 0.630. The fourth-order valence-electron chi connectivity index (χ4n) is 2.86. The van der Waals surface area contributed by atoms with Gasteiger partial charge in [0.1, 0.15) is 16.8 Å². The van der Waals surface area contributed by atoms with Crippen LogP contribution < -0.4 is 5.32 Å². The minimum Gasteiger partial charge on any atom is -0.352 e. The second kappa shape index (κ2) is 8.35. The van der Waals surface area contributed by atoms with Gasteiger partial charge in [0, 0.05) is 25.5 Å². The van der Waals surface area contributed by atoms with Gasteiger partial charge in [-0.2, -0.15) is 5.10 Å². The number of hydrogen-bond donors (Lipinski definition) is 1. The summed E-state index contributed by atoms with van der Waals surface area (Å²) >= 11 is 6.37. The van der Waals surface area contributed by atoms with Crippen molar-refractivity contribution in [3.05, 3.63) is 70.3 Å². The Kier molecular flexibility index (Phi) is 5.91. The van der Waals surface area contributed by atoms with Gasteiger partial charge >= 0.3 is 0 Å². The van der Waals surface area contributed by atoms with E-state index in [-0.39, 0.29) is 16.9 Å². The average molecular weight is 390 g/mol. The van der Waals surface area contributed by atoms with E-state index in [1.54, 1.807) is 29.9 Å². The summed E-state index contributed by atoms with van der Waals surface area (Å²) < 4.78 is 16.6. The maximum atomic E-state index is 13.0. The number of imidazole rings is 1. The standard InChI is InChI=1S/C19H21ClFN5O/c1-13-17(19(27)23-8-3-10-25-11-9-22-14(25)2)18(20)26(24-13)12-15-4-6-16(21)7-5-15/h4-7,9,11H,3,8,10,12H2,1-2H3,(H,23,27). The van der Waals surface area contributed by atoms with Crippen LogP contribution in [-0.4, -0.2) is 31.8 Å². The first-order chi connectivity index (χ1) is 13.0. The van der Waals surface area contributed by atoms with E-state index in [2.05, 4.69) is 15.4 Å². The largest absolute Gasteiger partial charge is 0.352 e. The van der Waals surface area contributed by atoms with Crippen LogP contribution in [0.4, 0.5) is 4.39 Å². The summed E-state index contributed by atoms with van der Waals surface area (Å²) in [5.41, 5.74) is 1.78. The van der Waals surface area contributed by atoms with Crippen LogP contribution in [-0.2, 0) is 13.1 Å². The number of aromatic nitrogens is 4. The van der Waals surface area contributed by atoms with Gasteiger partial charge in [-0.25, -0.2) is 14.1 Å². The van der Waals surface area contributed by atoms with Crippen LogP contribution in [0.1, 0.15) is 33.9 Å². The summed E-state index contributed by atoms with van der Waals surface area (Å²) in [4.78, 5) is 16.7. The number of rotatable bonds is 7. The molecule has 2 aromatic heterocycles. The number of halogens is 2. The zero-order valence-electron chi connectivity index (χ0n) is 15.2. The number of carbonyl (C=O) groups is 1. The fraction of sp³-hybridized carbons (Fsp3) is 0.316. The molecule has 0 aliphatic heterocycles. The van der Waals surface area contributed by atoms with Crippen LogP contribution in [0.25, 0.3) is 0 Å². The zero-order chi connectivity index (χ0) is 19.4. The summed E-state index contributed by atoms with van der Waals surface area (Å²) in [6, 6.07) is 6.10. The van der Waals surface area contributed by atoms with E-state index in [4.69, 9.17) is 11.6 Å². The second-order valence-corrected chi connectivity index (χ2v) is 6.67. The number of hydrogen-bond acceptors (Lipinski definition) is 3. The maximum Gasteiger partial charge on any atom is 0.256 e. The predicted octanol–water partition coefficient (Wildman–Crippen LogP) is 3.36. The van der Waals surface area contributed by atoms with Crippen LogP contribution in [0.2, 0.25) is 5.15 Å². The first-order valence-electron chi connectivity index (χ1n) is 8.69. The summed E-state index contributed by atoms with van der Waals surface area (Å²) in [6.07, 6.45) is 4.45. The molecule has 1 amide bonds. The van der Waals surface area contributed by atoms with Crippen molar-refractivity contribution in [2.24, 2.45) is 0 Å². The molecule has 0 radical (unpaired) electrons. The van der Waals surface area contributed by atoms with E-state index in [1.807, 2.05) is 17.7 Å². The monoisotopic (exact) mass is 389 g/mol. The van der Waals surface area contributed by atoms with Crippen molar-refractivity contribution < 1.29 is 9.18 Å². The maximum absolute atomic E-state index is 13.0. The third-order valence-corrected chi connectivity index (χ3v) is 4.71. The molecule has 0 saturated heterocycles. The fourth-order valence-corrected chi connectivity index (χ4v) is 3.18. The molecule has 0 aliphatic carbocycles. The molecule has 3 rings (SSSR count). The van der Waals surface area contributed by atoms with Crippen LogP contribution in [0.3, 0.4) is 0 Å². The number of nitrogens with zero attached hydrogens (tertiary/aromatic N) is 4. The Bertz CT molecular complexity index is 932. The van der Waals surface area contributed by atoms with Gasteiger partial charge in [-0.3, -0.25) is 4.79 Å². The number of aryl methyl sites for hydroxylation is 3. The first kappa shape index (κ1) is 19.1. The molecule has 27 heavy (non-hydrogen) atoms. The molecule has 3 aromatic rings. The van der Waals surface area contributed by atoms with E-state index in [9.17, 15) is 9.18 Å². The molecule has 1 aromatic carbocycles. The van der Waals surface area contributed by atoms with Crippen LogP contribution in [0.15, 0.2) is 36.7 Å². The molecule has 0 fully saturated rings. The number of nitrogens with one attached hydrogen (secondary N) is 1. The summed E-state index contributed by atoms with van der Waals surface area (Å²) in [7, 11) is 0. The van der Waals surface area contributed by atoms with Crippen molar-refractivity contribution in [1.29, 1.82) is 0 Å². The van der Waals surface area contributed by atoms with Crippen molar-refractivity contribution in [1.82, 2.24) is 24.6 Å². The Labute approximate surface area is 162 Å². The SMILES string of the molecule is Cc1nn(Cc2ccc(F)cc2)c(Cl)c1C(=O)NCCCn1ccnc1C. The van der Waals surface area contributed by atoms with Gasteiger partial charge < -0.3 is 9.88 Å². The smallest absolute Gasteiger partial charge is 0.256 e. The Morgan fingerprint density at radius 3 is 2.67 bits per heavy atom. The molecular formula is C19H21ClFN5O. The molecule has 142 valence electrons. The minimum absolute atomic E-state index is 0.245. The number of carbonyl (C=O) groups excluding carboxylic acids is 1. The summed E-state index contributed by atoms with van der Waals surface area (Å²) in [5, 5.41) is 7.51. The van der Waals surface area contributed by atoms with Crippen molar-refractivity contribution in [2.45, 2.75) is 33.4 Å². The lowest BCUT2D eigenvalue weighted by Gasteiger charge is -2.07. The average Bonchev–Trinajstić information content (AvgIpc) is 3.16. The number of amides is 1. The highest BCUT2D eigenvalue weighted by molar-refractivity contribution is 6.33. The van der Waals surface area contributed by atoms with Gasteiger partial charge in [-0.05, 0) is 38.0 Å². The highest BCUT2D eigenvalue weighted by Crippen LogP contribution is 2.21. The molecule has 0 saturated carbocycles. The molecule has 1 N–H and O–H groups in total. The van der Waals surface area contributed by atoms with E-state index in [1.165, 1.54) is 12.1 Å². The molecule has 0 aliphatic rings. The van der Waals surface area contributed by atoms with E-state index >= 15 is 0 Å². The van der Waals surface area contributed by atoms with Crippen molar-refractivity contribution in [3.63, 3.8) is 0 Å². The lowest BCUT2D eigenvalue weighted by atomic mass is 10.2. The second-order valence-electron chi connectivity index (χ2n) is 6.31. The first-order valence-corrected chi connectivity index (χ1v) is 9.07. The van der Waals surface area contributed by atoms with Crippen LogP contribution >= 0.6 is 11.6 Å². The van der Waals surface area contributed by atoms with Gasteiger partial charge in [-0.15, -0.1) is 0 Å². The Hall–Kier alpha value is -2.67. The third-order valence-electron chi connectivity index (χ3n) is 4.32. The van der Waals surface area contributed by atoms with E-state index in [0.29, 0.717) is 24.3 Å². The lowest BCUT2D eigenvalue weighted by molar-refractivity contribution is 0.0952. The molecule has 0 atom stereocenters. The van der Waals surface area contributed by atoms with Crippen LogP contribution in [0.5, 0.6) is 0 Å². The Balaban J connectivity index is 1.60. The highest BCUT2D eigenvalue weighted by atomic mass is 35.5. The Morgan fingerprint density at radius 2 is 2.00 bits per heavy atom. The van der Waals surface area contributed by atoms with Gasteiger partial charge in [0.05, 0.1) is 17.8 Å². The van der Waals surface area contributed by atoms with E-state index < -0.39 is 0 Å². The van der Waals surface area contributed by atoms with Gasteiger partial charge in [-0.1, -0.05) is 23.7 Å². The summed E-state index contributed by atoms with van der Waals surface area (Å²) in [5.74, 6) is 0.403. The highest BCUT2D eigenvalue weighted by Gasteiger charge is 2.20. The normalized spacial score (nSPS) is 11.0.